The summed E-state index contributed by atoms with van der Waals surface area (Å²) >= 11 is 6.21. The molecule has 174 valence electrons. The number of aryl methyl sites for hydroxylation is 1. The Balaban J connectivity index is 1.44. The van der Waals surface area contributed by atoms with Crippen LogP contribution in [-0.4, -0.2) is 24.3 Å². The fourth-order valence-corrected chi connectivity index (χ4v) is 4.30. The third kappa shape index (κ3) is 5.13. The number of hydrogen-bond acceptors (Lipinski definition) is 3. The van der Waals surface area contributed by atoms with Gasteiger partial charge in [-0.2, -0.15) is 0 Å². The number of nitrogens with zero attached hydrogens (tertiary/aromatic N) is 1. The SMILES string of the molecule is Cc1cccc(CNC(=O)c2ccccc2NC(=O)[C@H]2CC(=O)N(c3cccc(Cl)c3C)C2)c1. The second kappa shape index (κ2) is 10.1. The zero-order valence-electron chi connectivity index (χ0n) is 19.1. The van der Waals surface area contributed by atoms with Gasteiger partial charge in [0.1, 0.15) is 0 Å². The molecule has 1 aliphatic rings. The topological polar surface area (TPSA) is 78.5 Å². The van der Waals surface area contributed by atoms with Gasteiger partial charge in [-0.1, -0.05) is 59.6 Å². The van der Waals surface area contributed by atoms with Gasteiger partial charge in [-0.3, -0.25) is 14.4 Å². The molecule has 1 saturated heterocycles. The molecule has 4 rings (SSSR count). The van der Waals surface area contributed by atoms with Gasteiger partial charge in [-0.15, -0.1) is 0 Å². The van der Waals surface area contributed by atoms with Crippen LogP contribution in [-0.2, 0) is 16.1 Å². The van der Waals surface area contributed by atoms with E-state index in [4.69, 9.17) is 11.6 Å². The van der Waals surface area contributed by atoms with Gasteiger partial charge in [-0.05, 0) is 49.2 Å². The molecular formula is C27H26ClN3O3. The van der Waals surface area contributed by atoms with E-state index in [1.165, 1.54) is 0 Å². The monoisotopic (exact) mass is 475 g/mol. The van der Waals surface area contributed by atoms with Gasteiger partial charge in [-0.25, -0.2) is 0 Å². The van der Waals surface area contributed by atoms with Crippen molar-refractivity contribution in [2.45, 2.75) is 26.8 Å². The summed E-state index contributed by atoms with van der Waals surface area (Å²) in [6, 6.07) is 20.2. The predicted octanol–water partition coefficient (Wildman–Crippen LogP) is 4.88. The average molecular weight is 476 g/mol. The number of benzene rings is 3. The first-order valence-electron chi connectivity index (χ1n) is 11.1. The zero-order valence-corrected chi connectivity index (χ0v) is 19.9. The molecule has 0 bridgehead atoms. The van der Waals surface area contributed by atoms with Crippen LogP contribution < -0.4 is 15.5 Å². The fourth-order valence-electron chi connectivity index (χ4n) is 4.13. The largest absolute Gasteiger partial charge is 0.348 e. The van der Waals surface area contributed by atoms with Crippen molar-refractivity contribution in [2.75, 3.05) is 16.8 Å². The molecule has 3 aromatic rings. The summed E-state index contributed by atoms with van der Waals surface area (Å²) in [5.41, 5.74) is 4.41. The summed E-state index contributed by atoms with van der Waals surface area (Å²) < 4.78 is 0. The van der Waals surface area contributed by atoms with E-state index in [2.05, 4.69) is 10.6 Å². The first-order chi connectivity index (χ1) is 16.3. The van der Waals surface area contributed by atoms with Crippen molar-refractivity contribution in [1.82, 2.24) is 5.32 Å². The van der Waals surface area contributed by atoms with Gasteiger partial charge in [0, 0.05) is 30.2 Å². The maximum absolute atomic E-state index is 13.0. The summed E-state index contributed by atoms with van der Waals surface area (Å²) in [5, 5.41) is 6.34. The molecule has 0 spiro atoms. The van der Waals surface area contributed by atoms with Gasteiger partial charge >= 0.3 is 0 Å². The lowest BCUT2D eigenvalue weighted by atomic mass is 10.1. The van der Waals surface area contributed by atoms with Crippen molar-refractivity contribution in [3.8, 4) is 0 Å². The Labute approximate surface area is 203 Å². The van der Waals surface area contributed by atoms with Gasteiger partial charge in [0.2, 0.25) is 11.8 Å². The van der Waals surface area contributed by atoms with E-state index in [0.29, 0.717) is 28.5 Å². The Bertz CT molecular complexity index is 1260. The predicted molar refractivity (Wildman–Crippen MR) is 134 cm³/mol. The van der Waals surface area contributed by atoms with Crippen molar-refractivity contribution in [3.05, 3.63) is 94.0 Å². The molecule has 1 atom stereocenters. The van der Waals surface area contributed by atoms with Crippen LogP contribution in [0.1, 0.15) is 33.5 Å². The van der Waals surface area contributed by atoms with Crippen LogP contribution >= 0.6 is 11.6 Å². The lowest BCUT2D eigenvalue weighted by Gasteiger charge is -2.20. The lowest BCUT2D eigenvalue weighted by molar-refractivity contribution is -0.122. The molecule has 0 saturated carbocycles. The molecule has 2 N–H and O–H groups in total. The quantitative estimate of drug-likeness (QED) is 0.533. The second-order valence-electron chi connectivity index (χ2n) is 8.50. The van der Waals surface area contributed by atoms with E-state index < -0.39 is 5.92 Å². The van der Waals surface area contributed by atoms with Crippen molar-refractivity contribution >= 4 is 40.7 Å². The first kappa shape index (κ1) is 23.5. The number of carbonyl (C=O) groups excluding carboxylic acids is 3. The van der Waals surface area contributed by atoms with Crippen LogP contribution in [0, 0.1) is 19.8 Å². The number of halogens is 1. The molecule has 0 unspecified atom stereocenters. The summed E-state index contributed by atoms with van der Waals surface area (Å²) in [7, 11) is 0. The van der Waals surface area contributed by atoms with Crippen LogP contribution in [0.3, 0.4) is 0 Å². The maximum atomic E-state index is 13.0. The summed E-state index contributed by atoms with van der Waals surface area (Å²) in [4.78, 5) is 40.1. The van der Waals surface area contributed by atoms with Crippen molar-refractivity contribution < 1.29 is 14.4 Å². The van der Waals surface area contributed by atoms with Gasteiger partial charge in [0.25, 0.3) is 5.91 Å². The molecule has 0 aliphatic carbocycles. The Hall–Kier alpha value is -3.64. The highest BCUT2D eigenvalue weighted by Crippen LogP contribution is 2.32. The standard InChI is InChI=1S/C27H26ClN3O3/c1-17-7-5-8-19(13-17)15-29-27(34)21-9-3-4-11-23(21)30-26(33)20-14-25(32)31(16-20)24-12-6-10-22(28)18(24)2/h3-13,20H,14-16H2,1-2H3,(H,29,34)(H,30,33)/t20-/m0/s1. The van der Waals surface area contributed by atoms with Crippen molar-refractivity contribution in [1.29, 1.82) is 0 Å². The summed E-state index contributed by atoms with van der Waals surface area (Å²) in [6.45, 7) is 4.49. The summed E-state index contributed by atoms with van der Waals surface area (Å²) in [6.07, 6.45) is 0.0967. The number of rotatable bonds is 6. The molecule has 1 heterocycles. The van der Waals surface area contributed by atoms with Crippen LogP contribution in [0.25, 0.3) is 0 Å². The number of hydrogen-bond donors (Lipinski definition) is 2. The minimum Gasteiger partial charge on any atom is -0.348 e. The minimum atomic E-state index is -0.533. The van der Waals surface area contributed by atoms with E-state index in [-0.39, 0.29) is 30.7 Å². The Kier molecular flexibility index (Phi) is 6.98. The molecule has 3 amide bonds. The molecule has 7 heteroatoms. The average Bonchev–Trinajstić information content (AvgIpc) is 3.21. The normalized spacial score (nSPS) is 15.3. The molecule has 6 nitrogen and oxygen atoms in total. The zero-order chi connectivity index (χ0) is 24.2. The summed E-state index contributed by atoms with van der Waals surface area (Å²) in [5.74, 6) is -1.24. The fraction of sp³-hybridized carbons (Fsp3) is 0.222. The van der Waals surface area contributed by atoms with Crippen molar-refractivity contribution in [2.24, 2.45) is 5.92 Å². The minimum absolute atomic E-state index is 0.0967. The molecule has 3 aromatic carbocycles. The Morgan fingerprint density at radius 1 is 1.03 bits per heavy atom. The molecule has 1 fully saturated rings. The third-order valence-corrected chi connectivity index (χ3v) is 6.40. The van der Waals surface area contributed by atoms with Crippen LogP contribution in [0.2, 0.25) is 5.02 Å². The number of amides is 3. The van der Waals surface area contributed by atoms with E-state index >= 15 is 0 Å². The number of carbonyl (C=O) groups is 3. The Morgan fingerprint density at radius 2 is 1.79 bits per heavy atom. The van der Waals surface area contributed by atoms with Gasteiger partial charge in [0.05, 0.1) is 17.2 Å². The molecule has 1 aliphatic heterocycles. The molecule has 34 heavy (non-hydrogen) atoms. The van der Waals surface area contributed by atoms with E-state index in [0.717, 1.165) is 16.7 Å². The van der Waals surface area contributed by atoms with Gasteiger partial charge < -0.3 is 15.5 Å². The number of nitrogens with one attached hydrogen (secondary N) is 2. The van der Waals surface area contributed by atoms with Crippen LogP contribution in [0.5, 0.6) is 0 Å². The van der Waals surface area contributed by atoms with Gasteiger partial charge in [0.15, 0.2) is 0 Å². The molecule has 0 aromatic heterocycles. The maximum Gasteiger partial charge on any atom is 0.253 e. The van der Waals surface area contributed by atoms with E-state index in [1.54, 1.807) is 41.3 Å². The molecular weight excluding hydrogens is 450 g/mol. The van der Waals surface area contributed by atoms with Crippen molar-refractivity contribution in [3.63, 3.8) is 0 Å². The molecule has 0 radical (unpaired) electrons. The smallest absolute Gasteiger partial charge is 0.253 e. The second-order valence-corrected chi connectivity index (χ2v) is 8.90. The third-order valence-electron chi connectivity index (χ3n) is 5.99. The first-order valence-corrected chi connectivity index (χ1v) is 11.5. The number of para-hydroxylation sites is 1. The van der Waals surface area contributed by atoms with Crippen LogP contribution in [0.15, 0.2) is 66.7 Å². The Morgan fingerprint density at radius 3 is 2.59 bits per heavy atom. The van der Waals surface area contributed by atoms with Crippen LogP contribution in [0.4, 0.5) is 11.4 Å². The highest BCUT2D eigenvalue weighted by molar-refractivity contribution is 6.31. The highest BCUT2D eigenvalue weighted by atomic mass is 35.5. The highest BCUT2D eigenvalue weighted by Gasteiger charge is 2.36. The van der Waals surface area contributed by atoms with E-state index in [1.807, 2.05) is 44.2 Å². The van der Waals surface area contributed by atoms with E-state index in [9.17, 15) is 14.4 Å². The number of anilines is 2. The lowest BCUT2D eigenvalue weighted by Crippen LogP contribution is -2.29.